The highest BCUT2D eigenvalue weighted by atomic mass is 32.1. The van der Waals surface area contributed by atoms with Gasteiger partial charge in [0.1, 0.15) is 0 Å². The number of aromatic nitrogens is 1. The van der Waals surface area contributed by atoms with Crippen LogP contribution < -0.4 is 10.6 Å². The maximum atomic E-state index is 4.44. The monoisotopic (exact) mass is 211 g/mol. The maximum Gasteiger partial charge on any atom is 0.183 e. The topological polar surface area (TPSA) is 37.0 Å². The first-order valence-electron chi connectivity index (χ1n) is 5.09. The molecule has 0 aromatic carbocycles. The fourth-order valence-electron chi connectivity index (χ4n) is 1.77. The summed E-state index contributed by atoms with van der Waals surface area (Å²) in [4.78, 5) is 4.44. The van der Waals surface area contributed by atoms with Crippen molar-refractivity contribution in [3.63, 3.8) is 0 Å². The largest absolute Gasteiger partial charge is 0.356 e. The fourth-order valence-corrected chi connectivity index (χ4v) is 2.61. The van der Waals surface area contributed by atoms with Crippen LogP contribution in [-0.4, -0.2) is 23.6 Å². The molecule has 2 N–H and O–H groups in total. The molecule has 4 heteroatoms. The Morgan fingerprint density at radius 1 is 1.50 bits per heavy atom. The third kappa shape index (κ3) is 2.25. The van der Waals surface area contributed by atoms with E-state index in [0.29, 0.717) is 0 Å². The van der Waals surface area contributed by atoms with Gasteiger partial charge < -0.3 is 10.6 Å². The minimum Gasteiger partial charge on any atom is -0.356 e. The number of aryl methyl sites for hydroxylation is 1. The first kappa shape index (κ1) is 9.93. The number of nitrogens with zero attached hydrogens (tertiary/aromatic N) is 1. The van der Waals surface area contributed by atoms with Crippen LogP contribution in [0, 0.1) is 6.92 Å². The summed E-state index contributed by atoms with van der Waals surface area (Å²) in [5.41, 5.74) is 1.34. The Balaban J connectivity index is 2.01. The SMILES string of the molecule is Cc1csc(NC2(C)CCNCC2)n1. The average molecular weight is 211 g/mol. The maximum absolute atomic E-state index is 4.44. The molecular weight excluding hydrogens is 194 g/mol. The average Bonchev–Trinajstić information content (AvgIpc) is 2.51. The Kier molecular flexibility index (Phi) is 2.74. The molecule has 0 amide bonds. The van der Waals surface area contributed by atoms with Gasteiger partial charge in [-0.2, -0.15) is 0 Å². The lowest BCUT2D eigenvalue weighted by molar-refractivity contribution is 0.365. The molecule has 1 aromatic rings. The third-order valence-corrected chi connectivity index (χ3v) is 3.61. The minimum absolute atomic E-state index is 0.232. The number of piperidine rings is 1. The molecule has 1 aromatic heterocycles. The second kappa shape index (κ2) is 3.87. The molecule has 0 saturated carbocycles. The van der Waals surface area contributed by atoms with Gasteiger partial charge in [-0.15, -0.1) is 11.3 Å². The van der Waals surface area contributed by atoms with Gasteiger partial charge in [0.25, 0.3) is 0 Å². The van der Waals surface area contributed by atoms with Crippen LogP contribution in [0.4, 0.5) is 5.13 Å². The van der Waals surface area contributed by atoms with Gasteiger partial charge in [0, 0.05) is 10.9 Å². The molecule has 0 bridgehead atoms. The quantitative estimate of drug-likeness (QED) is 0.785. The van der Waals surface area contributed by atoms with Gasteiger partial charge in [0.15, 0.2) is 5.13 Å². The van der Waals surface area contributed by atoms with Gasteiger partial charge in [-0.3, -0.25) is 0 Å². The smallest absolute Gasteiger partial charge is 0.183 e. The summed E-state index contributed by atoms with van der Waals surface area (Å²) in [6.07, 6.45) is 2.34. The van der Waals surface area contributed by atoms with E-state index in [0.717, 1.165) is 23.9 Å². The second-order valence-corrected chi connectivity index (χ2v) is 5.09. The number of rotatable bonds is 2. The molecule has 0 spiro atoms. The lowest BCUT2D eigenvalue weighted by atomic mass is 9.91. The molecule has 1 fully saturated rings. The van der Waals surface area contributed by atoms with E-state index < -0.39 is 0 Å². The zero-order valence-electron chi connectivity index (χ0n) is 8.76. The molecule has 1 aliphatic rings. The van der Waals surface area contributed by atoms with E-state index in [-0.39, 0.29) is 5.54 Å². The van der Waals surface area contributed by atoms with Crippen molar-refractivity contribution in [2.45, 2.75) is 32.2 Å². The number of thiazole rings is 1. The van der Waals surface area contributed by atoms with E-state index in [4.69, 9.17) is 0 Å². The zero-order chi connectivity index (χ0) is 10.0. The van der Waals surface area contributed by atoms with Crippen molar-refractivity contribution in [3.05, 3.63) is 11.1 Å². The third-order valence-electron chi connectivity index (χ3n) is 2.73. The Hall–Kier alpha value is -0.610. The van der Waals surface area contributed by atoms with E-state index in [9.17, 15) is 0 Å². The Morgan fingerprint density at radius 2 is 2.21 bits per heavy atom. The van der Waals surface area contributed by atoms with E-state index >= 15 is 0 Å². The first-order chi connectivity index (χ1) is 6.68. The highest BCUT2D eigenvalue weighted by Crippen LogP contribution is 2.25. The van der Waals surface area contributed by atoms with Crippen LogP contribution in [0.3, 0.4) is 0 Å². The Labute approximate surface area is 88.9 Å². The van der Waals surface area contributed by atoms with Crippen LogP contribution in [-0.2, 0) is 0 Å². The number of hydrogen-bond donors (Lipinski definition) is 2. The standard InChI is InChI=1S/C10H17N3S/c1-8-7-14-9(12-8)13-10(2)3-5-11-6-4-10/h7,11H,3-6H2,1-2H3,(H,12,13). The van der Waals surface area contributed by atoms with E-state index in [2.05, 4.69) is 27.9 Å². The molecule has 3 nitrogen and oxygen atoms in total. The van der Waals surface area contributed by atoms with Crippen molar-refractivity contribution in [1.29, 1.82) is 0 Å². The van der Waals surface area contributed by atoms with Gasteiger partial charge in [0.2, 0.25) is 0 Å². The van der Waals surface area contributed by atoms with Crippen LogP contribution in [0.25, 0.3) is 0 Å². The Morgan fingerprint density at radius 3 is 2.79 bits per heavy atom. The minimum atomic E-state index is 0.232. The summed E-state index contributed by atoms with van der Waals surface area (Å²) in [6, 6.07) is 0. The summed E-state index contributed by atoms with van der Waals surface area (Å²) < 4.78 is 0. The number of hydrogen-bond acceptors (Lipinski definition) is 4. The molecule has 0 unspecified atom stereocenters. The van der Waals surface area contributed by atoms with Crippen LogP contribution in [0.15, 0.2) is 5.38 Å². The van der Waals surface area contributed by atoms with Gasteiger partial charge >= 0.3 is 0 Å². The summed E-state index contributed by atoms with van der Waals surface area (Å²) >= 11 is 1.70. The molecule has 1 aliphatic heterocycles. The molecule has 2 rings (SSSR count). The summed E-state index contributed by atoms with van der Waals surface area (Å²) in [5, 5.41) is 10.1. The molecule has 14 heavy (non-hydrogen) atoms. The lowest BCUT2D eigenvalue weighted by Gasteiger charge is -2.34. The van der Waals surface area contributed by atoms with Crippen molar-refractivity contribution < 1.29 is 0 Å². The first-order valence-corrected chi connectivity index (χ1v) is 5.97. The van der Waals surface area contributed by atoms with Crippen molar-refractivity contribution in [2.24, 2.45) is 0 Å². The Bertz CT molecular complexity index is 302. The summed E-state index contributed by atoms with van der Waals surface area (Å²) in [5.74, 6) is 0. The number of anilines is 1. The zero-order valence-corrected chi connectivity index (χ0v) is 9.58. The van der Waals surface area contributed by atoms with Gasteiger partial charge in [-0.05, 0) is 39.8 Å². The van der Waals surface area contributed by atoms with Gasteiger partial charge in [0.05, 0.1) is 5.69 Å². The van der Waals surface area contributed by atoms with E-state index in [1.165, 1.54) is 12.8 Å². The van der Waals surface area contributed by atoms with Crippen LogP contribution in [0.5, 0.6) is 0 Å². The highest BCUT2D eigenvalue weighted by Gasteiger charge is 2.26. The summed E-state index contributed by atoms with van der Waals surface area (Å²) in [6.45, 7) is 6.53. The van der Waals surface area contributed by atoms with E-state index in [1.54, 1.807) is 11.3 Å². The van der Waals surface area contributed by atoms with Crippen molar-refractivity contribution in [3.8, 4) is 0 Å². The molecule has 1 saturated heterocycles. The normalized spacial score (nSPS) is 20.7. The highest BCUT2D eigenvalue weighted by molar-refractivity contribution is 7.13. The van der Waals surface area contributed by atoms with Crippen LogP contribution >= 0.6 is 11.3 Å². The lowest BCUT2D eigenvalue weighted by Crippen LogP contribution is -2.45. The van der Waals surface area contributed by atoms with Crippen molar-refractivity contribution in [2.75, 3.05) is 18.4 Å². The predicted octanol–water partition coefficient (Wildman–Crippen LogP) is 2.01. The number of nitrogens with one attached hydrogen (secondary N) is 2. The predicted molar refractivity (Wildman–Crippen MR) is 61.0 cm³/mol. The molecule has 0 atom stereocenters. The fraction of sp³-hybridized carbons (Fsp3) is 0.700. The molecular formula is C10H17N3S. The molecule has 78 valence electrons. The van der Waals surface area contributed by atoms with Gasteiger partial charge in [-0.25, -0.2) is 4.98 Å². The van der Waals surface area contributed by atoms with E-state index in [1.807, 2.05) is 6.92 Å². The van der Waals surface area contributed by atoms with Crippen molar-refractivity contribution >= 4 is 16.5 Å². The molecule has 0 radical (unpaired) electrons. The van der Waals surface area contributed by atoms with Gasteiger partial charge in [-0.1, -0.05) is 0 Å². The molecule has 2 heterocycles. The van der Waals surface area contributed by atoms with Crippen LogP contribution in [0.1, 0.15) is 25.5 Å². The second-order valence-electron chi connectivity index (χ2n) is 4.23. The molecule has 0 aliphatic carbocycles. The van der Waals surface area contributed by atoms with Crippen LogP contribution in [0.2, 0.25) is 0 Å². The summed E-state index contributed by atoms with van der Waals surface area (Å²) in [7, 11) is 0. The van der Waals surface area contributed by atoms with Crippen molar-refractivity contribution in [1.82, 2.24) is 10.3 Å².